The van der Waals surface area contributed by atoms with Crippen molar-refractivity contribution in [3.63, 3.8) is 0 Å². The molecule has 4 heterocycles. The van der Waals surface area contributed by atoms with Crippen molar-refractivity contribution in [2.75, 3.05) is 12.3 Å². The first-order chi connectivity index (χ1) is 19.9. The zero-order chi connectivity index (χ0) is 29.9. The Bertz CT molecular complexity index is 1570. The minimum Gasteiger partial charge on any atom is -0.740 e. The van der Waals surface area contributed by atoms with Crippen molar-refractivity contribution in [3.05, 3.63) is 47.4 Å². The van der Waals surface area contributed by atoms with Gasteiger partial charge in [-0.05, 0) is 62.1 Å². The molecule has 1 saturated carbocycles. The molecule has 12 heteroatoms. The quantitative estimate of drug-likeness (QED) is 0.182. The number of aliphatic hydroxyl groups excluding tert-OH is 2. The van der Waals surface area contributed by atoms with Gasteiger partial charge >= 0.3 is 0 Å². The highest BCUT2D eigenvalue weighted by Crippen LogP contribution is 2.38. The summed E-state index contributed by atoms with van der Waals surface area (Å²) in [7, 11) is 0. The fraction of sp³-hybridized carbons (Fsp3) is 0.600. The molecular weight excluding hydrogens is 536 g/mol. The number of imidazole rings is 2. The molecule has 5 N–H and O–H groups in total. The Balaban J connectivity index is 1.06. The number of hydrogen-bond acceptors (Lipinski definition) is 9. The lowest BCUT2D eigenvalue weighted by molar-refractivity contribution is -0.592. The summed E-state index contributed by atoms with van der Waals surface area (Å²) in [6.45, 7) is 11.4. The van der Waals surface area contributed by atoms with Crippen LogP contribution in [-0.4, -0.2) is 76.6 Å². The van der Waals surface area contributed by atoms with E-state index in [0.717, 1.165) is 48.9 Å². The van der Waals surface area contributed by atoms with Crippen LogP contribution in [0.15, 0.2) is 30.9 Å². The van der Waals surface area contributed by atoms with Crippen molar-refractivity contribution in [2.45, 2.75) is 102 Å². The van der Waals surface area contributed by atoms with E-state index in [-0.39, 0.29) is 22.8 Å². The molecule has 6 rings (SSSR count). The summed E-state index contributed by atoms with van der Waals surface area (Å²) in [5, 5.41) is 33.6. The van der Waals surface area contributed by atoms with E-state index >= 15 is 0 Å². The lowest BCUT2D eigenvalue weighted by atomic mass is 9.76. The smallest absolute Gasteiger partial charge is 0.251 e. The SMILES string of the molecule is CC(C)N(C[C@H]1O[C@@H](n2cnc3c(N)[n+]([O-])cnc32)[C@H](O)[C@@H]1O)[C@H]1C[C@H](CCc2nc3cc(C(C)(C)C)ccc3[nH]2)C1. The van der Waals surface area contributed by atoms with Gasteiger partial charge in [-0.1, -0.05) is 31.8 Å². The normalized spacial score (nSPS) is 26.6. The number of nitrogens with two attached hydrogens (primary N) is 1. The van der Waals surface area contributed by atoms with Crippen LogP contribution in [0.4, 0.5) is 5.82 Å². The molecule has 4 aromatic rings. The fourth-order valence-electron chi connectivity index (χ4n) is 6.41. The number of aromatic nitrogens is 6. The number of benzene rings is 1. The van der Waals surface area contributed by atoms with Crippen LogP contribution in [0.25, 0.3) is 22.2 Å². The van der Waals surface area contributed by atoms with Gasteiger partial charge in [0, 0.05) is 25.0 Å². The topological polar surface area (TPSA) is 165 Å². The highest BCUT2D eigenvalue weighted by atomic mass is 16.6. The molecule has 1 aliphatic heterocycles. The van der Waals surface area contributed by atoms with Crippen LogP contribution in [0.2, 0.25) is 0 Å². The molecule has 2 aliphatic rings. The second-order valence-corrected chi connectivity index (χ2v) is 13.3. The average Bonchev–Trinajstić information content (AvgIpc) is 3.60. The first kappa shape index (κ1) is 28.8. The zero-order valence-corrected chi connectivity index (χ0v) is 24.9. The summed E-state index contributed by atoms with van der Waals surface area (Å²) in [5.41, 5.74) is 9.89. The number of fused-ring (bicyclic) bond motifs is 2. The van der Waals surface area contributed by atoms with Crippen LogP contribution in [0.3, 0.4) is 0 Å². The molecule has 1 saturated heterocycles. The van der Waals surface area contributed by atoms with Crippen molar-refractivity contribution < 1.29 is 19.7 Å². The first-order valence-corrected chi connectivity index (χ1v) is 14.9. The lowest BCUT2D eigenvalue weighted by Gasteiger charge is -2.46. The summed E-state index contributed by atoms with van der Waals surface area (Å²) in [6.07, 6.45) is 2.88. The van der Waals surface area contributed by atoms with Gasteiger partial charge in [-0.3, -0.25) is 9.47 Å². The second-order valence-electron chi connectivity index (χ2n) is 13.3. The molecule has 1 aromatic carbocycles. The van der Waals surface area contributed by atoms with Crippen molar-refractivity contribution in [1.82, 2.24) is 29.4 Å². The monoisotopic (exact) mass is 578 g/mol. The molecule has 1 aliphatic carbocycles. The molecule has 0 radical (unpaired) electrons. The van der Waals surface area contributed by atoms with E-state index in [9.17, 15) is 15.4 Å². The Kier molecular flexibility index (Phi) is 7.37. The number of hydrogen-bond donors (Lipinski definition) is 4. The van der Waals surface area contributed by atoms with Gasteiger partial charge in [0.2, 0.25) is 12.0 Å². The van der Waals surface area contributed by atoms with Crippen LogP contribution < -0.4 is 10.5 Å². The first-order valence-electron chi connectivity index (χ1n) is 14.9. The predicted molar refractivity (Wildman–Crippen MR) is 158 cm³/mol. The predicted octanol–water partition coefficient (Wildman–Crippen LogP) is 2.56. The highest BCUT2D eigenvalue weighted by molar-refractivity contribution is 5.79. The number of ether oxygens (including phenoxy) is 1. The molecule has 42 heavy (non-hydrogen) atoms. The number of nitrogens with zero attached hydrogens (tertiary/aromatic N) is 6. The molecule has 0 spiro atoms. The third-order valence-electron chi connectivity index (χ3n) is 9.07. The van der Waals surface area contributed by atoms with Crippen molar-refractivity contribution >= 4 is 28.0 Å². The fourth-order valence-corrected chi connectivity index (χ4v) is 6.41. The Labute approximate surface area is 245 Å². The number of aryl methyl sites for hydroxylation is 1. The van der Waals surface area contributed by atoms with Gasteiger partial charge in [-0.15, -0.1) is 0 Å². The summed E-state index contributed by atoms with van der Waals surface area (Å²) in [5.74, 6) is 1.57. The van der Waals surface area contributed by atoms with E-state index in [1.807, 2.05) is 0 Å². The van der Waals surface area contributed by atoms with E-state index in [0.29, 0.717) is 28.9 Å². The van der Waals surface area contributed by atoms with Crippen LogP contribution in [-0.2, 0) is 16.6 Å². The standard InChI is InChI=1S/C30H42N8O4/c1-16(2)36(13-22-25(39)26(40)29(42-22)37-14-32-24-27(31)38(41)15-33-28(24)37)19-10-17(11-19)6-9-23-34-20-8-7-18(30(3,4)5)12-21(20)35-23/h7-8,12,14-17,19,22,25-26,29,39-40H,6,9-11,13,31H2,1-5H3,(H,34,35)/t17-,19-,22-,25-,26-,29-/m1/s1. The lowest BCUT2D eigenvalue weighted by Crippen LogP contribution is -2.52. The Morgan fingerprint density at radius 1 is 1.21 bits per heavy atom. The maximum absolute atomic E-state index is 11.8. The number of rotatable bonds is 8. The van der Waals surface area contributed by atoms with Crippen molar-refractivity contribution in [2.24, 2.45) is 5.92 Å². The minimum atomic E-state index is -1.18. The summed E-state index contributed by atoms with van der Waals surface area (Å²) in [4.78, 5) is 19.1. The van der Waals surface area contributed by atoms with Gasteiger partial charge in [0.15, 0.2) is 11.7 Å². The number of nitrogen functional groups attached to an aromatic ring is 1. The number of nitrogens with one attached hydrogen (secondary N) is 1. The molecule has 4 atom stereocenters. The van der Waals surface area contributed by atoms with Gasteiger partial charge in [-0.25, -0.2) is 14.7 Å². The minimum absolute atomic E-state index is 0.0798. The van der Waals surface area contributed by atoms with Crippen LogP contribution in [0.5, 0.6) is 0 Å². The Hall–Kier alpha value is -3.32. The third-order valence-corrected chi connectivity index (χ3v) is 9.07. The highest BCUT2D eigenvalue weighted by Gasteiger charge is 2.47. The van der Waals surface area contributed by atoms with Gasteiger partial charge in [0.05, 0.1) is 11.0 Å². The summed E-state index contributed by atoms with van der Waals surface area (Å²) in [6, 6.07) is 7.14. The number of aromatic amines is 1. The maximum atomic E-state index is 11.8. The Morgan fingerprint density at radius 2 is 1.98 bits per heavy atom. The summed E-state index contributed by atoms with van der Waals surface area (Å²) >= 11 is 0. The molecule has 0 unspecified atom stereocenters. The van der Waals surface area contributed by atoms with Gasteiger partial charge in [0.1, 0.15) is 30.5 Å². The largest absolute Gasteiger partial charge is 0.740 e. The van der Waals surface area contributed by atoms with Crippen LogP contribution in [0.1, 0.15) is 71.5 Å². The van der Waals surface area contributed by atoms with Crippen LogP contribution >= 0.6 is 0 Å². The van der Waals surface area contributed by atoms with E-state index in [1.165, 1.54) is 16.5 Å². The third kappa shape index (κ3) is 5.21. The van der Waals surface area contributed by atoms with E-state index in [4.69, 9.17) is 15.5 Å². The molecule has 226 valence electrons. The molecule has 0 bridgehead atoms. The van der Waals surface area contributed by atoms with E-state index in [1.54, 1.807) is 0 Å². The van der Waals surface area contributed by atoms with E-state index < -0.39 is 24.5 Å². The van der Waals surface area contributed by atoms with Crippen molar-refractivity contribution in [1.29, 1.82) is 0 Å². The van der Waals surface area contributed by atoms with Crippen molar-refractivity contribution in [3.8, 4) is 0 Å². The molecule has 2 fully saturated rings. The molecule has 12 nitrogen and oxygen atoms in total. The summed E-state index contributed by atoms with van der Waals surface area (Å²) < 4.78 is 8.17. The van der Waals surface area contributed by atoms with E-state index in [2.05, 4.69) is 72.7 Å². The van der Waals surface area contributed by atoms with Gasteiger partial charge in [-0.2, -0.15) is 0 Å². The zero-order valence-electron chi connectivity index (χ0n) is 24.9. The average molecular weight is 579 g/mol. The molecule has 3 aromatic heterocycles. The number of H-pyrrole nitrogens is 1. The van der Waals surface area contributed by atoms with Gasteiger partial charge < -0.3 is 30.9 Å². The number of aliphatic hydroxyl groups is 2. The van der Waals surface area contributed by atoms with Crippen LogP contribution in [0, 0.1) is 11.1 Å². The second kappa shape index (κ2) is 10.7. The molecule has 0 amide bonds. The van der Waals surface area contributed by atoms with Gasteiger partial charge in [0.25, 0.3) is 5.82 Å². The molecular formula is C30H42N8O4. The Morgan fingerprint density at radius 3 is 2.69 bits per heavy atom. The maximum Gasteiger partial charge on any atom is 0.251 e. The number of anilines is 1.